The lowest BCUT2D eigenvalue weighted by Gasteiger charge is -2.11. The number of hydrogen-bond donors (Lipinski definition) is 0. The van der Waals surface area contributed by atoms with Crippen LogP contribution in [-0.2, 0) is 18.5 Å². The van der Waals surface area contributed by atoms with Crippen molar-refractivity contribution in [2.75, 3.05) is 0 Å². The average molecular weight is 501 g/mol. The monoisotopic (exact) mass is 500 g/mol. The Morgan fingerprint density at radius 1 is 1.03 bits per heavy atom. The first-order valence-electron chi connectivity index (χ1n) is 10.0. The van der Waals surface area contributed by atoms with Gasteiger partial charge in [-0.25, -0.2) is 4.98 Å². The third kappa shape index (κ3) is 4.62. The first-order valence-corrected chi connectivity index (χ1v) is 11.9. The number of thioether (sulfide) groups is 1. The summed E-state index contributed by atoms with van der Waals surface area (Å²) in [7, 11) is 0. The minimum atomic E-state index is -4.47. The van der Waals surface area contributed by atoms with E-state index in [1.807, 2.05) is 23.6 Å². The lowest BCUT2D eigenvalue weighted by atomic mass is 10.1. The Morgan fingerprint density at radius 2 is 1.88 bits per heavy atom. The number of rotatable bonds is 6. The molecule has 3 heterocycles. The first-order chi connectivity index (χ1) is 16.4. The molecule has 172 valence electrons. The topological polar surface area (TPSA) is 73.8 Å². The van der Waals surface area contributed by atoms with Crippen LogP contribution in [0, 0.1) is 0 Å². The van der Waals surface area contributed by atoms with Crippen molar-refractivity contribution in [3.8, 4) is 11.4 Å². The molecule has 0 spiro atoms. The number of fused-ring (bicyclic) bond motifs is 1. The average Bonchev–Trinajstić information content (AvgIpc) is 3.52. The quantitative estimate of drug-likeness (QED) is 0.215. The van der Waals surface area contributed by atoms with Gasteiger partial charge in [0.25, 0.3) is 5.56 Å². The van der Waals surface area contributed by atoms with Crippen molar-refractivity contribution in [2.24, 2.45) is 0 Å². The molecule has 0 N–H and O–H groups in total. The van der Waals surface area contributed by atoms with E-state index in [4.69, 9.17) is 4.52 Å². The summed E-state index contributed by atoms with van der Waals surface area (Å²) in [6, 6.07) is 15.7. The summed E-state index contributed by atoms with van der Waals surface area (Å²) in [6.07, 6.45) is -4.47. The third-order valence-corrected chi connectivity index (χ3v) is 6.78. The van der Waals surface area contributed by atoms with Crippen LogP contribution in [0.25, 0.3) is 22.3 Å². The normalized spacial score (nSPS) is 11.9. The lowest BCUT2D eigenvalue weighted by molar-refractivity contribution is -0.137. The van der Waals surface area contributed by atoms with Gasteiger partial charge in [-0.1, -0.05) is 47.3 Å². The molecule has 0 aliphatic carbocycles. The highest BCUT2D eigenvalue weighted by Crippen LogP contribution is 2.32. The van der Waals surface area contributed by atoms with Crippen LogP contribution in [-0.4, -0.2) is 19.7 Å². The van der Waals surface area contributed by atoms with E-state index in [1.165, 1.54) is 23.9 Å². The zero-order valence-electron chi connectivity index (χ0n) is 17.3. The molecule has 3 aromatic heterocycles. The number of hydrogen-bond acceptors (Lipinski definition) is 7. The molecule has 0 saturated carbocycles. The third-order valence-electron chi connectivity index (χ3n) is 4.96. The maximum Gasteiger partial charge on any atom is 0.416 e. The van der Waals surface area contributed by atoms with Crippen molar-refractivity contribution in [1.29, 1.82) is 0 Å². The molecule has 0 amide bonds. The van der Waals surface area contributed by atoms with E-state index in [0.717, 1.165) is 17.0 Å². The molecule has 34 heavy (non-hydrogen) atoms. The van der Waals surface area contributed by atoms with Crippen LogP contribution in [0.4, 0.5) is 13.2 Å². The fraction of sp³-hybridized carbons (Fsp3) is 0.130. The highest BCUT2D eigenvalue weighted by molar-refractivity contribution is 7.98. The van der Waals surface area contributed by atoms with Gasteiger partial charge >= 0.3 is 6.18 Å². The van der Waals surface area contributed by atoms with Gasteiger partial charge in [0, 0.05) is 10.4 Å². The Bertz CT molecular complexity index is 1510. The Balaban J connectivity index is 1.43. The van der Waals surface area contributed by atoms with Crippen LogP contribution in [0.2, 0.25) is 0 Å². The summed E-state index contributed by atoms with van der Waals surface area (Å²) in [4.78, 5) is 23.0. The summed E-state index contributed by atoms with van der Waals surface area (Å²) in [5, 5.41) is 6.76. The van der Waals surface area contributed by atoms with E-state index >= 15 is 0 Å². The van der Waals surface area contributed by atoms with Gasteiger partial charge in [-0.3, -0.25) is 9.36 Å². The molecule has 11 heteroatoms. The van der Waals surface area contributed by atoms with Gasteiger partial charge in [0.05, 0.1) is 28.8 Å². The number of aromatic nitrogens is 4. The lowest BCUT2D eigenvalue weighted by Crippen LogP contribution is -2.23. The van der Waals surface area contributed by atoms with Crippen molar-refractivity contribution in [3.63, 3.8) is 0 Å². The molecular weight excluding hydrogens is 485 g/mol. The van der Waals surface area contributed by atoms with E-state index < -0.39 is 11.7 Å². The number of benzene rings is 2. The van der Waals surface area contributed by atoms with E-state index in [0.29, 0.717) is 22.6 Å². The highest BCUT2D eigenvalue weighted by atomic mass is 32.2. The molecule has 0 aliphatic rings. The molecule has 0 saturated heterocycles. The Morgan fingerprint density at radius 3 is 2.68 bits per heavy atom. The number of alkyl halides is 3. The molecule has 6 nitrogen and oxygen atoms in total. The smallest absolute Gasteiger partial charge is 0.338 e. The van der Waals surface area contributed by atoms with E-state index in [-0.39, 0.29) is 28.6 Å². The van der Waals surface area contributed by atoms with Crippen LogP contribution in [0.1, 0.15) is 16.3 Å². The van der Waals surface area contributed by atoms with Crippen LogP contribution in [0.3, 0.4) is 0 Å². The number of halogens is 3. The molecule has 0 radical (unpaired) electrons. The predicted octanol–water partition coefficient (Wildman–Crippen LogP) is 5.87. The Labute approximate surface area is 199 Å². The standard InChI is InChI=1S/C23H15F3N4O2S2/c24-23(25,26)15-6-3-5-14(11-15)20-28-19(32-29-20)13-34-22-27-18-9-2-1-8-17(18)21(31)30(22)12-16-7-4-10-33-16/h1-11H,12-13H2. The largest absolute Gasteiger partial charge is 0.416 e. The number of nitrogens with zero attached hydrogens (tertiary/aromatic N) is 4. The number of thiophene rings is 1. The van der Waals surface area contributed by atoms with Gasteiger partial charge in [-0.15, -0.1) is 11.3 Å². The molecule has 2 aromatic carbocycles. The summed E-state index contributed by atoms with van der Waals surface area (Å²) >= 11 is 2.79. The van der Waals surface area contributed by atoms with Gasteiger partial charge in [0.2, 0.25) is 11.7 Å². The van der Waals surface area contributed by atoms with E-state index in [9.17, 15) is 18.0 Å². The maximum atomic E-state index is 13.2. The summed E-state index contributed by atoms with van der Waals surface area (Å²) in [5.74, 6) is 0.466. The van der Waals surface area contributed by atoms with Crippen LogP contribution in [0.5, 0.6) is 0 Å². The summed E-state index contributed by atoms with van der Waals surface area (Å²) in [6.45, 7) is 0.371. The fourth-order valence-electron chi connectivity index (χ4n) is 3.35. The van der Waals surface area contributed by atoms with Crippen molar-refractivity contribution in [1.82, 2.24) is 19.7 Å². The Kier molecular flexibility index (Phi) is 5.96. The fourth-order valence-corrected chi connectivity index (χ4v) is 4.88. The molecule has 0 unspecified atom stereocenters. The zero-order chi connectivity index (χ0) is 23.7. The summed E-state index contributed by atoms with van der Waals surface area (Å²) < 4.78 is 45.9. The second-order valence-corrected chi connectivity index (χ2v) is 9.24. The molecule has 5 aromatic rings. The van der Waals surface area contributed by atoms with Crippen LogP contribution in [0.15, 0.2) is 80.5 Å². The van der Waals surface area contributed by atoms with Gasteiger partial charge < -0.3 is 4.52 Å². The van der Waals surface area contributed by atoms with Gasteiger partial charge in [0.15, 0.2) is 5.16 Å². The van der Waals surface area contributed by atoms with Crippen molar-refractivity contribution >= 4 is 34.0 Å². The molecular formula is C23H15F3N4O2S2. The van der Waals surface area contributed by atoms with Crippen molar-refractivity contribution < 1.29 is 17.7 Å². The minimum absolute atomic E-state index is 0.0594. The highest BCUT2D eigenvalue weighted by Gasteiger charge is 2.30. The molecule has 0 fully saturated rings. The summed E-state index contributed by atoms with van der Waals surface area (Å²) in [5.41, 5.74) is -0.166. The molecule has 0 aliphatic heterocycles. The maximum absolute atomic E-state index is 13.2. The van der Waals surface area contributed by atoms with Crippen LogP contribution >= 0.6 is 23.1 Å². The van der Waals surface area contributed by atoms with Gasteiger partial charge in [-0.2, -0.15) is 18.2 Å². The second-order valence-electron chi connectivity index (χ2n) is 7.26. The van der Waals surface area contributed by atoms with E-state index in [1.54, 1.807) is 34.1 Å². The minimum Gasteiger partial charge on any atom is -0.338 e. The molecule has 0 atom stereocenters. The van der Waals surface area contributed by atoms with Crippen LogP contribution < -0.4 is 5.56 Å². The first kappa shape index (κ1) is 22.4. The second kappa shape index (κ2) is 9.07. The molecule has 5 rings (SSSR count). The van der Waals surface area contributed by atoms with Gasteiger partial charge in [-0.05, 0) is 35.7 Å². The van der Waals surface area contributed by atoms with Crippen molar-refractivity contribution in [3.05, 3.63) is 92.7 Å². The Hall–Kier alpha value is -3.44. The van der Waals surface area contributed by atoms with E-state index in [2.05, 4.69) is 15.1 Å². The molecule has 0 bridgehead atoms. The van der Waals surface area contributed by atoms with Gasteiger partial charge in [0.1, 0.15) is 0 Å². The SMILES string of the molecule is O=c1c2ccccc2nc(SCc2nc(-c3cccc(C(F)(F)F)c3)no2)n1Cc1cccs1. The zero-order valence-corrected chi connectivity index (χ0v) is 19.0. The van der Waals surface area contributed by atoms with Crippen molar-refractivity contribution in [2.45, 2.75) is 23.6 Å². The predicted molar refractivity (Wildman–Crippen MR) is 124 cm³/mol. The number of para-hydroxylation sites is 1.